The molecule has 0 unspecified atom stereocenters. The lowest BCUT2D eigenvalue weighted by Gasteiger charge is -2.16. The SMILES string of the molecule is O=C(Cc1ccccc1)N[C@@H](CC(C(=O)O)C(=O)O)C(=O)O. The zero-order chi connectivity index (χ0) is 16.7. The fraction of sp³-hybridized carbons (Fsp3) is 0.286. The molecule has 0 saturated carbocycles. The molecular weight excluding hydrogens is 294 g/mol. The average molecular weight is 309 g/mol. The first-order chi connectivity index (χ1) is 10.3. The molecule has 8 heteroatoms. The highest BCUT2D eigenvalue weighted by Crippen LogP contribution is 2.09. The van der Waals surface area contributed by atoms with Crippen LogP contribution < -0.4 is 5.32 Å². The molecular formula is C14H15NO7. The lowest BCUT2D eigenvalue weighted by atomic mass is 9.99. The van der Waals surface area contributed by atoms with Crippen molar-refractivity contribution in [3.63, 3.8) is 0 Å². The van der Waals surface area contributed by atoms with Crippen LogP contribution in [0, 0.1) is 5.92 Å². The summed E-state index contributed by atoms with van der Waals surface area (Å²) in [5.74, 6) is -7.34. The van der Waals surface area contributed by atoms with Crippen molar-refractivity contribution in [3.05, 3.63) is 35.9 Å². The van der Waals surface area contributed by atoms with Gasteiger partial charge in [-0.05, 0) is 5.56 Å². The minimum absolute atomic E-state index is 0.0879. The number of carboxylic acids is 3. The highest BCUT2D eigenvalue weighted by atomic mass is 16.4. The standard InChI is InChI=1S/C14H15NO7/c16-11(6-8-4-2-1-3-5-8)15-10(14(21)22)7-9(12(17)18)13(19)20/h1-5,9-10H,6-7H2,(H,15,16)(H,17,18)(H,19,20)(H,21,22)/t10-/m0/s1. The second-order valence-corrected chi connectivity index (χ2v) is 4.59. The van der Waals surface area contributed by atoms with Gasteiger partial charge in [0.15, 0.2) is 5.92 Å². The molecule has 22 heavy (non-hydrogen) atoms. The van der Waals surface area contributed by atoms with Gasteiger partial charge in [0.05, 0.1) is 6.42 Å². The summed E-state index contributed by atoms with van der Waals surface area (Å²) in [6, 6.07) is 6.93. The Balaban J connectivity index is 2.71. The minimum atomic E-state index is -1.90. The molecule has 4 N–H and O–H groups in total. The number of amides is 1. The van der Waals surface area contributed by atoms with Gasteiger partial charge in [-0.15, -0.1) is 0 Å². The maximum Gasteiger partial charge on any atom is 0.326 e. The summed E-state index contributed by atoms with van der Waals surface area (Å²) in [7, 11) is 0. The summed E-state index contributed by atoms with van der Waals surface area (Å²) in [5.41, 5.74) is 0.650. The molecule has 0 aliphatic rings. The normalized spacial score (nSPS) is 11.7. The topological polar surface area (TPSA) is 141 Å². The number of hydrogen-bond acceptors (Lipinski definition) is 4. The third kappa shape index (κ3) is 5.23. The van der Waals surface area contributed by atoms with Crippen LogP contribution in [0.2, 0.25) is 0 Å². The monoisotopic (exact) mass is 309 g/mol. The van der Waals surface area contributed by atoms with Gasteiger partial charge in [-0.2, -0.15) is 0 Å². The van der Waals surface area contributed by atoms with Gasteiger partial charge >= 0.3 is 17.9 Å². The lowest BCUT2D eigenvalue weighted by Crippen LogP contribution is -2.44. The van der Waals surface area contributed by atoms with Crippen LogP contribution >= 0.6 is 0 Å². The largest absolute Gasteiger partial charge is 0.481 e. The smallest absolute Gasteiger partial charge is 0.326 e. The Hall–Kier alpha value is -2.90. The van der Waals surface area contributed by atoms with Gasteiger partial charge in [-0.25, -0.2) is 4.79 Å². The summed E-state index contributed by atoms with van der Waals surface area (Å²) in [4.78, 5) is 44.4. The van der Waals surface area contributed by atoms with E-state index >= 15 is 0 Å². The molecule has 1 atom stereocenters. The molecule has 0 heterocycles. The molecule has 0 aliphatic carbocycles. The Kier molecular flexibility index (Phi) is 6.06. The van der Waals surface area contributed by atoms with Crippen molar-refractivity contribution >= 4 is 23.8 Å². The molecule has 0 aromatic heterocycles. The summed E-state index contributed by atoms with van der Waals surface area (Å²) < 4.78 is 0. The zero-order valence-electron chi connectivity index (χ0n) is 11.4. The van der Waals surface area contributed by atoms with E-state index in [1.807, 2.05) is 0 Å². The molecule has 0 fully saturated rings. The predicted octanol–water partition coefficient (Wildman–Crippen LogP) is -0.0260. The molecule has 1 aromatic rings. The van der Waals surface area contributed by atoms with E-state index in [1.165, 1.54) is 0 Å². The molecule has 118 valence electrons. The fourth-order valence-corrected chi connectivity index (χ4v) is 1.79. The number of rotatable bonds is 8. The Labute approximate surface area is 125 Å². The molecule has 0 bridgehead atoms. The van der Waals surface area contributed by atoms with Crippen LogP contribution in [-0.4, -0.2) is 45.2 Å². The van der Waals surface area contributed by atoms with Gasteiger partial charge in [-0.1, -0.05) is 30.3 Å². The van der Waals surface area contributed by atoms with Gasteiger partial charge in [0.2, 0.25) is 5.91 Å². The van der Waals surface area contributed by atoms with E-state index in [1.54, 1.807) is 30.3 Å². The molecule has 0 radical (unpaired) electrons. The van der Waals surface area contributed by atoms with E-state index in [9.17, 15) is 19.2 Å². The van der Waals surface area contributed by atoms with Crippen molar-refractivity contribution in [1.82, 2.24) is 5.32 Å². The number of nitrogens with one attached hydrogen (secondary N) is 1. The second kappa shape index (κ2) is 7.77. The number of benzene rings is 1. The van der Waals surface area contributed by atoms with Crippen LogP contribution in [0.1, 0.15) is 12.0 Å². The van der Waals surface area contributed by atoms with Crippen LogP contribution in [0.15, 0.2) is 30.3 Å². The van der Waals surface area contributed by atoms with Crippen molar-refractivity contribution in [2.75, 3.05) is 0 Å². The van der Waals surface area contributed by atoms with Crippen molar-refractivity contribution in [2.24, 2.45) is 5.92 Å². The van der Waals surface area contributed by atoms with Crippen molar-refractivity contribution < 1.29 is 34.5 Å². The van der Waals surface area contributed by atoms with Gasteiger partial charge < -0.3 is 20.6 Å². The third-order valence-electron chi connectivity index (χ3n) is 2.91. The number of aliphatic carboxylic acids is 3. The summed E-state index contributed by atoms with van der Waals surface area (Å²) >= 11 is 0. The van der Waals surface area contributed by atoms with E-state index in [0.717, 1.165) is 0 Å². The van der Waals surface area contributed by atoms with Crippen molar-refractivity contribution in [3.8, 4) is 0 Å². The molecule has 1 aromatic carbocycles. The maximum atomic E-state index is 11.8. The lowest BCUT2D eigenvalue weighted by molar-refractivity contribution is -0.156. The highest BCUT2D eigenvalue weighted by molar-refractivity contribution is 5.94. The van der Waals surface area contributed by atoms with E-state index in [2.05, 4.69) is 5.32 Å². The first-order valence-corrected chi connectivity index (χ1v) is 6.33. The molecule has 0 aliphatic heterocycles. The quantitative estimate of drug-likeness (QED) is 0.494. The van der Waals surface area contributed by atoms with E-state index < -0.39 is 42.2 Å². The summed E-state index contributed by atoms with van der Waals surface area (Å²) in [5, 5.41) is 28.7. The number of carbonyl (C=O) groups is 4. The van der Waals surface area contributed by atoms with Gasteiger partial charge in [0.25, 0.3) is 0 Å². The molecule has 0 saturated heterocycles. The Morgan fingerprint density at radius 3 is 1.91 bits per heavy atom. The van der Waals surface area contributed by atoms with Gasteiger partial charge in [0, 0.05) is 6.42 Å². The molecule has 0 spiro atoms. The van der Waals surface area contributed by atoms with E-state index in [0.29, 0.717) is 5.56 Å². The highest BCUT2D eigenvalue weighted by Gasteiger charge is 2.33. The second-order valence-electron chi connectivity index (χ2n) is 4.59. The fourth-order valence-electron chi connectivity index (χ4n) is 1.79. The van der Waals surface area contributed by atoms with Gasteiger partial charge in [-0.3, -0.25) is 14.4 Å². The summed E-state index contributed by atoms with van der Waals surface area (Å²) in [6.45, 7) is 0. The van der Waals surface area contributed by atoms with Crippen LogP contribution in [0.25, 0.3) is 0 Å². The summed E-state index contributed by atoms with van der Waals surface area (Å²) in [6.07, 6.45) is -0.823. The molecule has 8 nitrogen and oxygen atoms in total. The maximum absolute atomic E-state index is 11.8. The van der Waals surface area contributed by atoms with Crippen LogP contribution in [0.3, 0.4) is 0 Å². The molecule has 1 amide bonds. The Morgan fingerprint density at radius 2 is 1.45 bits per heavy atom. The van der Waals surface area contributed by atoms with E-state index in [-0.39, 0.29) is 6.42 Å². The van der Waals surface area contributed by atoms with Crippen LogP contribution in [0.5, 0.6) is 0 Å². The Morgan fingerprint density at radius 1 is 0.909 bits per heavy atom. The van der Waals surface area contributed by atoms with Crippen molar-refractivity contribution in [1.29, 1.82) is 0 Å². The zero-order valence-corrected chi connectivity index (χ0v) is 11.4. The number of carbonyl (C=O) groups excluding carboxylic acids is 1. The Bertz CT molecular complexity index is 556. The average Bonchev–Trinajstić information content (AvgIpc) is 2.43. The third-order valence-corrected chi connectivity index (χ3v) is 2.91. The predicted molar refractivity (Wildman–Crippen MR) is 73.1 cm³/mol. The van der Waals surface area contributed by atoms with Crippen LogP contribution in [-0.2, 0) is 25.6 Å². The van der Waals surface area contributed by atoms with Crippen LogP contribution in [0.4, 0.5) is 0 Å². The number of hydrogen-bond donors (Lipinski definition) is 4. The number of carboxylic acid groups (broad SMARTS) is 3. The minimum Gasteiger partial charge on any atom is -0.481 e. The first kappa shape index (κ1) is 17.2. The first-order valence-electron chi connectivity index (χ1n) is 6.33. The molecule has 1 rings (SSSR count). The van der Waals surface area contributed by atoms with Crippen molar-refractivity contribution in [2.45, 2.75) is 18.9 Å². The van der Waals surface area contributed by atoms with E-state index in [4.69, 9.17) is 15.3 Å². The van der Waals surface area contributed by atoms with Gasteiger partial charge in [0.1, 0.15) is 6.04 Å².